The molecular weight excluding hydrogens is 364 g/mol. The Labute approximate surface area is 156 Å². The van der Waals surface area contributed by atoms with Crippen LogP contribution in [0.15, 0.2) is 12.4 Å². The lowest BCUT2D eigenvalue weighted by molar-refractivity contribution is -0.136. The largest absolute Gasteiger partial charge is 0.339 e. The van der Waals surface area contributed by atoms with Gasteiger partial charge in [-0.25, -0.2) is 8.42 Å². The Morgan fingerprint density at radius 3 is 2.64 bits per heavy atom. The van der Waals surface area contributed by atoms with Crippen molar-refractivity contribution in [1.29, 1.82) is 0 Å². The molecule has 1 aromatic heterocycles. The van der Waals surface area contributed by atoms with E-state index >= 15 is 0 Å². The van der Waals surface area contributed by atoms with Gasteiger partial charge in [0.2, 0.25) is 5.91 Å². The number of nitrogens with one attached hydrogen (secondary N) is 1. The summed E-state index contributed by atoms with van der Waals surface area (Å²) in [5.41, 5.74) is 1.05. The van der Waals surface area contributed by atoms with Crippen molar-refractivity contribution in [3.05, 3.63) is 18.0 Å². The van der Waals surface area contributed by atoms with Crippen LogP contribution in [0.25, 0.3) is 0 Å². The molecule has 1 aliphatic rings. The van der Waals surface area contributed by atoms with E-state index in [1.165, 1.54) is 0 Å². The lowest BCUT2D eigenvalue weighted by atomic mass is 9.89. The minimum atomic E-state index is -3.12. The highest BCUT2D eigenvalue weighted by molar-refractivity contribution is 7.91. The average Bonchev–Trinajstić information content (AvgIpc) is 3.15. The molecule has 25 heavy (non-hydrogen) atoms. The van der Waals surface area contributed by atoms with E-state index in [1.807, 2.05) is 27.1 Å². The molecule has 0 aromatic carbocycles. The maximum absolute atomic E-state index is 13.0. The first-order chi connectivity index (χ1) is 11.3. The quantitative estimate of drug-likeness (QED) is 0.742. The summed E-state index contributed by atoms with van der Waals surface area (Å²) in [6, 6.07) is -0.317. The number of carbonyl (C=O) groups is 1. The predicted octanol–water partition coefficient (Wildman–Crippen LogP) is 0.817. The van der Waals surface area contributed by atoms with Gasteiger partial charge in [-0.3, -0.25) is 9.48 Å². The number of amides is 1. The summed E-state index contributed by atoms with van der Waals surface area (Å²) in [5, 5.41) is 7.48. The first-order valence-corrected chi connectivity index (χ1v) is 10.3. The first kappa shape index (κ1) is 21.9. The minimum absolute atomic E-state index is 0. The van der Waals surface area contributed by atoms with Crippen molar-refractivity contribution in [1.82, 2.24) is 20.0 Å². The monoisotopic (exact) mass is 392 g/mol. The second-order valence-corrected chi connectivity index (χ2v) is 8.89. The molecule has 0 aliphatic carbocycles. The number of carbonyl (C=O) groups excluding carboxylic acids is 1. The molecule has 3 atom stereocenters. The van der Waals surface area contributed by atoms with E-state index in [0.29, 0.717) is 13.1 Å². The van der Waals surface area contributed by atoms with Gasteiger partial charge < -0.3 is 10.2 Å². The van der Waals surface area contributed by atoms with Crippen LogP contribution in [0.5, 0.6) is 0 Å². The lowest BCUT2D eigenvalue weighted by Gasteiger charge is -2.31. The fraction of sp³-hybridized carbons (Fsp3) is 0.750. The minimum Gasteiger partial charge on any atom is -0.339 e. The zero-order valence-electron chi connectivity index (χ0n) is 15.3. The summed E-state index contributed by atoms with van der Waals surface area (Å²) >= 11 is 0. The van der Waals surface area contributed by atoms with Crippen molar-refractivity contribution in [3.8, 4) is 0 Å². The Kier molecular flexibility index (Phi) is 7.89. The van der Waals surface area contributed by atoms with Crippen LogP contribution in [-0.4, -0.2) is 66.2 Å². The van der Waals surface area contributed by atoms with E-state index in [-0.39, 0.29) is 47.7 Å². The summed E-state index contributed by atoms with van der Waals surface area (Å²) < 4.78 is 25.5. The van der Waals surface area contributed by atoms with Crippen molar-refractivity contribution < 1.29 is 13.2 Å². The fourth-order valence-electron chi connectivity index (χ4n) is 3.39. The van der Waals surface area contributed by atoms with Crippen LogP contribution in [-0.2, 0) is 21.7 Å². The first-order valence-electron chi connectivity index (χ1n) is 8.49. The Balaban J connectivity index is 0.00000312. The molecule has 1 fully saturated rings. The average molecular weight is 393 g/mol. The zero-order chi connectivity index (χ0) is 17.9. The summed E-state index contributed by atoms with van der Waals surface area (Å²) in [6.45, 7) is 7.21. The van der Waals surface area contributed by atoms with Crippen LogP contribution in [0.1, 0.15) is 32.3 Å². The zero-order valence-corrected chi connectivity index (χ0v) is 16.9. The number of hydrogen-bond donors (Lipinski definition) is 1. The van der Waals surface area contributed by atoms with Gasteiger partial charge in [0.15, 0.2) is 9.84 Å². The van der Waals surface area contributed by atoms with Crippen LogP contribution in [0.3, 0.4) is 0 Å². The van der Waals surface area contributed by atoms with Crippen LogP contribution < -0.4 is 5.32 Å². The Hall–Kier alpha value is -1.12. The van der Waals surface area contributed by atoms with E-state index in [1.54, 1.807) is 22.7 Å². The van der Waals surface area contributed by atoms with Crippen LogP contribution in [0.2, 0.25) is 0 Å². The molecule has 2 heterocycles. The van der Waals surface area contributed by atoms with Crippen molar-refractivity contribution in [2.24, 2.45) is 13.0 Å². The van der Waals surface area contributed by atoms with E-state index in [9.17, 15) is 13.2 Å². The van der Waals surface area contributed by atoms with Crippen molar-refractivity contribution in [2.75, 3.05) is 31.1 Å². The third-order valence-electron chi connectivity index (χ3n) is 4.78. The lowest BCUT2D eigenvalue weighted by Crippen LogP contribution is -2.46. The second-order valence-electron chi connectivity index (χ2n) is 6.49. The molecule has 1 amide bonds. The number of rotatable bonds is 7. The van der Waals surface area contributed by atoms with Crippen LogP contribution >= 0.6 is 12.4 Å². The van der Waals surface area contributed by atoms with Gasteiger partial charge in [-0.2, -0.15) is 5.10 Å². The molecule has 0 radical (unpaired) electrons. The Morgan fingerprint density at radius 2 is 2.12 bits per heavy atom. The highest BCUT2D eigenvalue weighted by Gasteiger charge is 2.38. The summed E-state index contributed by atoms with van der Waals surface area (Å²) in [5.74, 6) is 0.0407. The van der Waals surface area contributed by atoms with Crippen LogP contribution in [0.4, 0.5) is 0 Å². The molecule has 9 heteroatoms. The molecule has 144 valence electrons. The second kappa shape index (κ2) is 9.00. The molecule has 1 N–H and O–H groups in total. The van der Waals surface area contributed by atoms with Crippen molar-refractivity contribution >= 4 is 28.2 Å². The highest BCUT2D eigenvalue weighted by atomic mass is 35.5. The smallest absolute Gasteiger partial charge is 0.227 e. The normalized spacial score (nSPS) is 21.6. The molecule has 1 unspecified atom stereocenters. The number of aryl methyl sites for hydroxylation is 1. The number of sulfone groups is 1. The van der Waals surface area contributed by atoms with Gasteiger partial charge in [-0.05, 0) is 19.4 Å². The number of hydrogen-bond acceptors (Lipinski definition) is 5. The topological polar surface area (TPSA) is 84.3 Å². The van der Waals surface area contributed by atoms with E-state index < -0.39 is 9.84 Å². The Morgan fingerprint density at radius 1 is 1.44 bits per heavy atom. The molecule has 7 nitrogen and oxygen atoms in total. The molecule has 0 saturated carbocycles. The molecule has 1 aromatic rings. The van der Waals surface area contributed by atoms with E-state index in [2.05, 4.69) is 10.4 Å². The molecule has 1 aliphatic heterocycles. The highest BCUT2D eigenvalue weighted by Crippen LogP contribution is 2.29. The third-order valence-corrected chi connectivity index (χ3v) is 6.65. The van der Waals surface area contributed by atoms with Gasteiger partial charge in [-0.1, -0.05) is 6.92 Å². The summed E-state index contributed by atoms with van der Waals surface area (Å²) in [6.07, 6.45) is 3.75. The van der Waals surface area contributed by atoms with Crippen molar-refractivity contribution in [3.63, 3.8) is 0 Å². The maximum Gasteiger partial charge on any atom is 0.227 e. The van der Waals surface area contributed by atoms with Gasteiger partial charge in [0.1, 0.15) is 0 Å². The van der Waals surface area contributed by atoms with Gasteiger partial charge in [0.05, 0.1) is 17.9 Å². The van der Waals surface area contributed by atoms with Gasteiger partial charge in [-0.15, -0.1) is 12.4 Å². The fourth-order valence-corrected chi connectivity index (χ4v) is 4.54. The number of halogens is 1. The molecule has 2 rings (SSSR count). The van der Waals surface area contributed by atoms with E-state index in [4.69, 9.17) is 0 Å². The van der Waals surface area contributed by atoms with Gasteiger partial charge in [0.25, 0.3) is 0 Å². The Bertz CT molecular complexity index is 677. The number of nitrogens with zero attached hydrogens (tertiary/aromatic N) is 3. The SMILES string of the molecule is CCN(C(=O)[C@H]1CNC[C@@H]1c1cnn(C)c1)C(C)CS(=O)(=O)CC.Cl. The van der Waals surface area contributed by atoms with Gasteiger partial charge >= 0.3 is 0 Å². The van der Waals surface area contributed by atoms with Crippen LogP contribution in [0, 0.1) is 5.92 Å². The number of aromatic nitrogens is 2. The molecule has 0 spiro atoms. The summed E-state index contributed by atoms with van der Waals surface area (Å²) in [4.78, 5) is 14.7. The maximum atomic E-state index is 13.0. The van der Waals surface area contributed by atoms with E-state index in [0.717, 1.165) is 12.1 Å². The van der Waals surface area contributed by atoms with Crippen molar-refractivity contribution in [2.45, 2.75) is 32.7 Å². The third kappa shape index (κ3) is 5.18. The molecular formula is C16H29ClN4O3S. The van der Waals surface area contributed by atoms with Gasteiger partial charge in [0, 0.05) is 50.6 Å². The standard InChI is InChI=1S/C16H28N4O3S.ClH/c1-5-20(12(3)11-24(22,23)6-2)16(21)15-9-17-8-14(15)13-7-18-19(4)10-13;/h7,10,12,14-15,17H,5-6,8-9,11H2,1-4H3;1H/t12?,14-,15+;/m1./s1. The molecule has 1 saturated heterocycles. The summed E-state index contributed by atoms with van der Waals surface area (Å²) in [7, 11) is -1.26. The predicted molar refractivity (Wildman–Crippen MR) is 101 cm³/mol. The molecule has 0 bridgehead atoms.